The molecule has 3 rings (SSSR count). The predicted molar refractivity (Wildman–Crippen MR) is 71.4 cm³/mol. The van der Waals surface area contributed by atoms with Crippen molar-refractivity contribution in [2.75, 3.05) is 12.3 Å². The van der Waals surface area contributed by atoms with E-state index in [-0.39, 0.29) is 11.6 Å². The van der Waals surface area contributed by atoms with Gasteiger partial charge in [-0.25, -0.2) is 12.8 Å². The van der Waals surface area contributed by atoms with E-state index in [0.29, 0.717) is 23.5 Å². The monoisotopic (exact) mass is 278 g/mol. The van der Waals surface area contributed by atoms with Crippen LogP contribution in [-0.2, 0) is 10.0 Å². The van der Waals surface area contributed by atoms with E-state index in [1.807, 2.05) is 0 Å². The zero-order valence-corrected chi connectivity index (χ0v) is 10.8. The standard InChI is InChI=1S/C13H11FN2O2S/c14-11-4-1-3-10(9-11)12-5-2-6-16-7-8-19(17,18)15-13(12)16/h1-6,9H,7-8H2. The van der Waals surface area contributed by atoms with Gasteiger partial charge in [-0.15, -0.1) is 4.40 Å². The van der Waals surface area contributed by atoms with Gasteiger partial charge in [0.25, 0.3) is 10.0 Å². The third-order valence-electron chi connectivity index (χ3n) is 2.99. The molecule has 0 N–H and O–H groups in total. The molecule has 0 spiro atoms. The molecule has 19 heavy (non-hydrogen) atoms. The molecule has 0 atom stereocenters. The number of halogens is 1. The number of allylic oxidation sites excluding steroid dienone is 2. The summed E-state index contributed by atoms with van der Waals surface area (Å²) in [6, 6.07) is 6.04. The van der Waals surface area contributed by atoms with E-state index in [0.717, 1.165) is 0 Å². The van der Waals surface area contributed by atoms with Crippen LogP contribution in [0.4, 0.5) is 4.39 Å². The van der Waals surface area contributed by atoms with Gasteiger partial charge in [-0.2, -0.15) is 0 Å². The molecule has 0 unspecified atom stereocenters. The highest BCUT2D eigenvalue weighted by Gasteiger charge is 2.27. The zero-order chi connectivity index (χ0) is 13.5. The molecule has 0 bridgehead atoms. The first-order chi connectivity index (χ1) is 9.05. The second kappa shape index (κ2) is 4.31. The van der Waals surface area contributed by atoms with Crippen molar-refractivity contribution in [1.29, 1.82) is 0 Å². The van der Waals surface area contributed by atoms with Gasteiger partial charge < -0.3 is 4.90 Å². The molecule has 1 aromatic carbocycles. The van der Waals surface area contributed by atoms with Gasteiger partial charge >= 0.3 is 0 Å². The Labute approximate surface area is 110 Å². The first kappa shape index (κ1) is 12.1. The number of hydrogen-bond donors (Lipinski definition) is 0. The number of benzene rings is 1. The molecule has 0 aromatic heterocycles. The van der Waals surface area contributed by atoms with Crippen molar-refractivity contribution in [3.05, 3.63) is 54.0 Å². The van der Waals surface area contributed by atoms with Crippen LogP contribution in [0.1, 0.15) is 5.56 Å². The van der Waals surface area contributed by atoms with Gasteiger partial charge in [0.1, 0.15) is 5.82 Å². The first-order valence-corrected chi connectivity index (χ1v) is 7.40. The van der Waals surface area contributed by atoms with Crippen molar-refractivity contribution in [1.82, 2.24) is 4.90 Å². The molecule has 0 fully saturated rings. The van der Waals surface area contributed by atoms with Crippen LogP contribution in [-0.4, -0.2) is 31.5 Å². The summed E-state index contributed by atoms with van der Waals surface area (Å²) in [4.78, 5) is 1.77. The summed E-state index contributed by atoms with van der Waals surface area (Å²) in [7, 11) is -3.43. The molecular weight excluding hydrogens is 267 g/mol. The molecule has 98 valence electrons. The van der Waals surface area contributed by atoms with Crippen molar-refractivity contribution in [3.8, 4) is 0 Å². The van der Waals surface area contributed by atoms with Crippen molar-refractivity contribution < 1.29 is 12.8 Å². The minimum atomic E-state index is -3.43. The Kier molecular flexibility index (Phi) is 2.74. The molecule has 6 heteroatoms. The number of hydrogen-bond acceptors (Lipinski definition) is 3. The summed E-state index contributed by atoms with van der Waals surface area (Å²) < 4.78 is 40.3. The fraction of sp³-hybridized carbons (Fsp3) is 0.154. The SMILES string of the molecule is O=S1(=O)CCN2C=CC=C(c3cccc(F)c3)C2=N1. The minimum Gasteiger partial charge on any atom is -0.331 e. The van der Waals surface area contributed by atoms with Gasteiger partial charge in [0, 0.05) is 18.3 Å². The number of fused-ring (bicyclic) bond motifs is 1. The fourth-order valence-electron chi connectivity index (χ4n) is 2.10. The van der Waals surface area contributed by atoms with E-state index in [1.54, 1.807) is 35.4 Å². The highest BCUT2D eigenvalue weighted by atomic mass is 32.2. The summed E-state index contributed by atoms with van der Waals surface area (Å²) in [6.45, 7) is 0.365. The molecule has 2 heterocycles. The van der Waals surface area contributed by atoms with Crippen LogP contribution in [0.15, 0.2) is 47.0 Å². The smallest absolute Gasteiger partial charge is 0.256 e. The Morgan fingerprint density at radius 2 is 2.16 bits per heavy atom. The molecule has 0 saturated carbocycles. The average molecular weight is 278 g/mol. The molecule has 0 aliphatic carbocycles. The van der Waals surface area contributed by atoms with E-state index in [9.17, 15) is 12.8 Å². The van der Waals surface area contributed by atoms with Crippen LogP contribution in [0.2, 0.25) is 0 Å². The quantitative estimate of drug-likeness (QED) is 0.787. The first-order valence-electron chi connectivity index (χ1n) is 5.79. The maximum absolute atomic E-state index is 13.3. The normalized spacial score (nSPS) is 20.6. The van der Waals surface area contributed by atoms with Crippen molar-refractivity contribution in [3.63, 3.8) is 0 Å². The summed E-state index contributed by atoms with van der Waals surface area (Å²) in [5, 5.41) is 0. The Hall–Kier alpha value is -1.95. The molecule has 0 radical (unpaired) electrons. The van der Waals surface area contributed by atoms with Crippen LogP contribution in [0.5, 0.6) is 0 Å². The van der Waals surface area contributed by atoms with E-state index >= 15 is 0 Å². The minimum absolute atomic E-state index is 0.00271. The van der Waals surface area contributed by atoms with Crippen molar-refractivity contribution in [2.24, 2.45) is 4.40 Å². The molecule has 2 aliphatic heterocycles. The maximum atomic E-state index is 13.3. The molecule has 0 amide bonds. The lowest BCUT2D eigenvalue weighted by atomic mass is 10.0. The molecular formula is C13H11FN2O2S. The van der Waals surface area contributed by atoms with Crippen LogP contribution in [0.3, 0.4) is 0 Å². The van der Waals surface area contributed by atoms with E-state index in [2.05, 4.69) is 4.40 Å². The number of sulfonamides is 1. The van der Waals surface area contributed by atoms with E-state index in [4.69, 9.17) is 0 Å². The van der Waals surface area contributed by atoms with Gasteiger partial charge in [-0.05, 0) is 29.8 Å². The van der Waals surface area contributed by atoms with Crippen LogP contribution in [0, 0.1) is 5.82 Å². The Balaban J connectivity index is 2.13. The van der Waals surface area contributed by atoms with Crippen LogP contribution >= 0.6 is 0 Å². The van der Waals surface area contributed by atoms with E-state index < -0.39 is 10.0 Å². The van der Waals surface area contributed by atoms with Gasteiger partial charge in [0.15, 0.2) is 5.84 Å². The van der Waals surface area contributed by atoms with Crippen molar-refractivity contribution in [2.45, 2.75) is 0 Å². The number of rotatable bonds is 1. The number of amidine groups is 1. The van der Waals surface area contributed by atoms with Gasteiger partial charge in [-0.3, -0.25) is 0 Å². The van der Waals surface area contributed by atoms with Crippen LogP contribution < -0.4 is 0 Å². The third-order valence-corrected chi connectivity index (χ3v) is 4.14. The molecule has 0 saturated heterocycles. The van der Waals surface area contributed by atoms with Gasteiger partial charge in [0.05, 0.1) is 5.75 Å². The lowest BCUT2D eigenvalue weighted by molar-refractivity contribution is 0.550. The predicted octanol–water partition coefficient (Wildman–Crippen LogP) is 1.78. The van der Waals surface area contributed by atoms with Crippen LogP contribution in [0.25, 0.3) is 5.57 Å². The topological polar surface area (TPSA) is 49.7 Å². The summed E-state index contributed by atoms with van der Waals surface area (Å²) >= 11 is 0. The summed E-state index contributed by atoms with van der Waals surface area (Å²) in [5.74, 6) is -0.00445. The second-order valence-corrected chi connectivity index (χ2v) is 6.08. The number of nitrogens with zero attached hydrogens (tertiary/aromatic N) is 2. The van der Waals surface area contributed by atoms with E-state index in [1.165, 1.54) is 12.1 Å². The lowest BCUT2D eigenvalue weighted by Gasteiger charge is -2.29. The Morgan fingerprint density at radius 1 is 1.32 bits per heavy atom. The highest BCUT2D eigenvalue weighted by Crippen LogP contribution is 2.25. The Morgan fingerprint density at radius 3 is 2.95 bits per heavy atom. The lowest BCUT2D eigenvalue weighted by Crippen LogP contribution is -2.37. The van der Waals surface area contributed by atoms with Crippen molar-refractivity contribution >= 4 is 21.4 Å². The molecule has 1 aromatic rings. The Bertz CT molecular complexity index is 720. The average Bonchev–Trinajstić information content (AvgIpc) is 2.37. The molecule has 4 nitrogen and oxygen atoms in total. The summed E-state index contributed by atoms with van der Waals surface area (Å²) in [5.41, 5.74) is 1.23. The maximum Gasteiger partial charge on any atom is 0.256 e. The second-order valence-electron chi connectivity index (χ2n) is 4.33. The fourth-order valence-corrected chi connectivity index (χ4v) is 3.08. The highest BCUT2D eigenvalue weighted by molar-refractivity contribution is 7.90. The van der Waals surface area contributed by atoms with Gasteiger partial charge in [-0.1, -0.05) is 12.1 Å². The molecule has 2 aliphatic rings. The van der Waals surface area contributed by atoms with Gasteiger partial charge in [0.2, 0.25) is 0 Å². The largest absolute Gasteiger partial charge is 0.331 e. The summed E-state index contributed by atoms with van der Waals surface area (Å²) in [6.07, 6.45) is 5.32. The third kappa shape index (κ3) is 2.31. The zero-order valence-electron chi connectivity index (χ0n) is 9.95.